The Morgan fingerprint density at radius 3 is 2.90 bits per heavy atom. The van der Waals surface area contributed by atoms with Crippen LogP contribution >= 0.6 is 22.9 Å². The number of carbonyl (C=O) groups excluding carboxylic acids is 1. The van der Waals surface area contributed by atoms with Gasteiger partial charge in [0.05, 0.1) is 27.3 Å². The van der Waals surface area contributed by atoms with Gasteiger partial charge in [0.2, 0.25) is 5.95 Å². The first-order valence-electron chi connectivity index (χ1n) is 9.11. The molecule has 0 spiro atoms. The fourth-order valence-corrected chi connectivity index (χ4v) is 4.72. The van der Waals surface area contributed by atoms with Crippen molar-refractivity contribution in [3.63, 3.8) is 0 Å². The highest BCUT2D eigenvalue weighted by Crippen LogP contribution is 2.26. The number of benzene rings is 1. The highest BCUT2D eigenvalue weighted by molar-refractivity contribution is 7.22. The van der Waals surface area contributed by atoms with Crippen LogP contribution < -0.4 is 5.56 Å². The molecule has 9 heteroatoms. The summed E-state index contributed by atoms with van der Waals surface area (Å²) < 4.78 is 2.44. The Labute approximate surface area is 174 Å². The lowest BCUT2D eigenvalue weighted by Crippen LogP contribution is -2.36. The predicted molar refractivity (Wildman–Crippen MR) is 112 cm³/mol. The molecule has 4 heterocycles. The molecular weight excluding hydrogens is 410 g/mol. The van der Waals surface area contributed by atoms with E-state index in [1.54, 1.807) is 13.0 Å². The molecule has 0 bridgehead atoms. The third-order valence-corrected chi connectivity index (χ3v) is 6.45. The van der Waals surface area contributed by atoms with Crippen molar-refractivity contribution in [3.8, 4) is 5.95 Å². The van der Waals surface area contributed by atoms with Crippen LogP contribution in [0, 0.1) is 6.92 Å². The van der Waals surface area contributed by atoms with Gasteiger partial charge in [-0.2, -0.15) is 5.10 Å². The minimum atomic E-state index is -0.280. The van der Waals surface area contributed by atoms with Crippen LogP contribution in [0.2, 0.25) is 4.34 Å². The number of rotatable bonds is 2. The standard InChI is InChI=1S/C20H16ClN5O2S/c1-11-14(19(28)25-7-6-12-4-2-3-5-13(12)10-25)9-22-26(11)20-23-15-8-16(21)29-17(15)18(27)24-20/h2-5,8-9H,6-7,10H2,1H3,(H,23,24,27). The Balaban J connectivity index is 1.49. The lowest BCUT2D eigenvalue weighted by molar-refractivity contribution is 0.0734. The molecule has 0 atom stereocenters. The average Bonchev–Trinajstić information content (AvgIpc) is 3.29. The maximum Gasteiger partial charge on any atom is 0.270 e. The first-order valence-corrected chi connectivity index (χ1v) is 10.3. The second-order valence-corrected chi connectivity index (χ2v) is 8.64. The van der Waals surface area contributed by atoms with Crippen molar-refractivity contribution >= 4 is 39.1 Å². The second-order valence-electron chi connectivity index (χ2n) is 6.96. The fourth-order valence-electron chi connectivity index (χ4n) is 3.67. The topological polar surface area (TPSA) is 83.9 Å². The number of halogens is 1. The number of thiophene rings is 1. The highest BCUT2D eigenvalue weighted by Gasteiger charge is 2.25. The van der Waals surface area contributed by atoms with Crippen molar-refractivity contribution in [3.05, 3.63) is 73.6 Å². The summed E-state index contributed by atoms with van der Waals surface area (Å²) in [4.78, 5) is 34.5. The van der Waals surface area contributed by atoms with Gasteiger partial charge in [0.1, 0.15) is 4.70 Å². The number of H-pyrrole nitrogens is 1. The number of aromatic nitrogens is 4. The Hall–Kier alpha value is -2.97. The van der Waals surface area contributed by atoms with Crippen LogP contribution in [-0.4, -0.2) is 37.1 Å². The quantitative estimate of drug-likeness (QED) is 0.534. The van der Waals surface area contributed by atoms with Crippen LogP contribution in [0.4, 0.5) is 0 Å². The van der Waals surface area contributed by atoms with Crippen LogP contribution in [0.25, 0.3) is 16.2 Å². The van der Waals surface area contributed by atoms with Gasteiger partial charge in [-0.3, -0.25) is 14.6 Å². The molecule has 1 aliphatic heterocycles. The van der Waals surface area contributed by atoms with Gasteiger partial charge in [-0.1, -0.05) is 35.9 Å². The molecule has 7 nitrogen and oxygen atoms in total. The molecule has 3 aromatic heterocycles. The van der Waals surface area contributed by atoms with E-state index in [-0.39, 0.29) is 17.4 Å². The zero-order valence-corrected chi connectivity index (χ0v) is 17.0. The van der Waals surface area contributed by atoms with Crippen molar-refractivity contribution in [2.24, 2.45) is 0 Å². The summed E-state index contributed by atoms with van der Waals surface area (Å²) in [5, 5.41) is 4.31. The van der Waals surface area contributed by atoms with E-state index in [4.69, 9.17) is 11.6 Å². The van der Waals surface area contributed by atoms with Crippen molar-refractivity contribution in [2.75, 3.05) is 6.54 Å². The van der Waals surface area contributed by atoms with Gasteiger partial charge < -0.3 is 4.90 Å². The maximum atomic E-state index is 13.1. The van der Waals surface area contributed by atoms with E-state index < -0.39 is 0 Å². The number of nitrogens with zero attached hydrogens (tertiary/aromatic N) is 4. The van der Waals surface area contributed by atoms with Gasteiger partial charge in [-0.25, -0.2) is 9.67 Å². The van der Waals surface area contributed by atoms with E-state index in [0.717, 1.165) is 6.42 Å². The summed E-state index contributed by atoms with van der Waals surface area (Å²) in [5.74, 6) is 0.183. The van der Waals surface area contributed by atoms with Gasteiger partial charge in [0, 0.05) is 13.1 Å². The van der Waals surface area contributed by atoms with Crippen molar-refractivity contribution < 1.29 is 4.79 Å². The second kappa shape index (κ2) is 6.82. The molecule has 0 unspecified atom stereocenters. The summed E-state index contributed by atoms with van der Waals surface area (Å²) in [6.45, 7) is 3.03. The normalized spacial score (nSPS) is 13.7. The SMILES string of the molecule is Cc1c(C(=O)N2CCc3ccccc3C2)cnn1-c1nc2cc(Cl)sc2c(=O)[nH]1. The van der Waals surface area contributed by atoms with Gasteiger partial charge >= 0.3 is 0 Å². The Kier molecular flexibility index (Phi) is 4.25. The van der Waals surface area contributed by atoms with E-state index in [2.05, 4.69) is 27.2 Å². The minimum Gasteiger partial charge on any atom is -0.334 e. The molecule has 0 saturated carbocycles. The number of aromatic amines is 1. The van der Waals surface area contributed by atoms with Crippen LogP contribution in [-0.2, 0) is 13.0 Å². The van der Waals surface area contributed by atoms with E-state index in [1.807, 2.05) is 17.0 Å². The smallest absolute Gasteiger partial charge is 0.270 e. The molecule has 0 radical (unpaired) electrons. The number of hydrogen-bond donors (Lipinski definition) is 1. The molecule has 1 aliphatic rings. The fraction of sp³-hybridized carbons (Fsp3) is 0.200. The number of amides is 1. The molecule has 5 rings (SSSR count). The van der Waals surface area contributed by atoms with Crippen LogP contribution in [0.5, 0.6) is 0 Å². The van der Waals surface area contributed by atoms with Crippen molar-refractivity contribution in [1.82, 2.24) is 24.6 Å². The molecule has 1 aromatic carbocycles. The molecule has 0 aliphatic carbocycles. The van der Waals surface area contributed by atoms with E-state index >= 15 is 0 Å². The third kappa shape index (κ3) is 3.04. The zero-order valence-electron chi connectivity index (χ0n) is 15.5. The first kappa shape index (κ1) is 18.1. The van der Waals surface area contributed by atoms with E-state index in [0.29, 0.717) is 38.9 Å². The molecule has 0 saturated heterocycles. The number of carbonyl (C=O) groups is 1. The molecule has 146 valence electrons. The first-order chi connectivity index (χ1) is 14.0. The number of hydrogen-bond acceptors (Lipinski definition) is 5. The molecule has 1 amide bonds. The van der Waals surface area contributed by atoms with Gasteiger partial charge in [-0.15, -0.1) is 11.3 Å². The zero-order chi connectivity index (χ0) is 20.1. The maximum absolute atomic E-state index is 13.1. The largest absolute Gasteiger partial charge is 0.334 e. The third-order valence-electron chi connectivity index (χ3n) is 5.20. The number of nitrogens with one attached hydrogen (secondary N) is 1. The lowest BCUT2D eigenvalue weighted by atomic mass is 9.99. The average molecular weight is 426 g/mol. The van der Waals surface area contributed by atoms with Crippen LogP contribution in [0.1, 0.15) is 27.2 Å². The molecule has 4 aromatic rings. The van der Waals surface area contributed by atoms with Gasteiger partial charge in [0.25, 0.3) is 11.5 Å². The molecule has 29 heavy (non-hydrogen) atoms. The number of fused-ring (bicyclic) bond motifs is 2. The summed E-state index contributed by atoms with van der Waals surface area (Å²) in [5.41, 5.74) is 3.80. The van der Waals surface area contributed by atoms with Crippen molar-refractivity contribution in [1.29, 1.82) is 0 Å². The summed E-state index contributed by atoms with van der Waals surface area (Å²) >= 11 is 7.18. The highest BCUT2D eigenvalue weighted by atomic mass is 35.5. The Morgan fingerprint density at radius 2 is 2.07 bits per heavy atom. The summed E-state index contributed by atoms with van der Waals surface area (Å²) in [6, 6.07) is 9.83. The lowest BCUT2D eigenvalue weighted by Gasteiger charge is -2.28. The Morgan fingerprint density at radius 1 is 1.28 bits per heavy atom. The molecular formula is C20H16ClN5O2S. The van der Waals surface area contributed by atoms with Gasteiger partial charge in [0.15, 0.2) is 0 Å². The molecule has 0 fully saturated rings. The van der Waals surface area contributed by atoms with Crippen molar-refractivity contribution in [2.45, 2.75) is 19.9 Å². The van der Waals surface area contributed by atoms with Gasteiger partial charge in [-0.05, 0) is 30.5 Å². The summed E-state index contributed by atoms with van der Waals surface area (Å²) in [7, 11) is 0. The molecule has 1 N–H and O–H groups in total. The summed E-state index contributed by atoms with van der Waals surface area (Å²) in [6.07, 6.45) is 2.36. The van der Waals surface area contributed by atoms with E-state index in [1.165, 1.54) is 33.3 Å². The Bertz CT molecular complexity index is 1320. The minimum absolute atomic E-state index is 0.0785. The van der Waals surface area contributed by atoms with Crippen LogP contribution in [0.15, 0.2) is 41.3 Å². The monoisotopic (exact) mass is 425 g/mol. The van der Waals surface area contributed by atoms with Crippen LogP contribution in [0.3, 0.4) is 0 Å². The van der Waals surface area contributed by atoms with E-state index in [9.17, 15) is 9.59 Å². The predicted octanol–water partition coefficient (Wildman–Crippen LogP) is 3.33.